The lowest BCUT2D eigenvalue weighted by Gasteiger charge is -2.29. The Morgan fingerprint density at radius 1 is 1.16 bits per heavy atom. The van der Waals surface area contributed by atoms with E-state index in [-0.39, 0.29) is 56.1 Å². The lowest BCUT2D eigenvalue weighted by Crippen LogP contribution is -2.52. The summed E-state index contributed by atoms with van der Waals surface area (Å²) >= 11 is 3.49. The van der Waals surface area contributed by atoms with Crippen molar-refractivity contribution in [3.8, 4) is 5.75 Å². The number of benzene rings is 1. The molecule has 204 valence electrons. The summed E-state index contributed by atoms with van der Waals surface area (Å²) in [6.07, 6.45) is 0.427. The van der Waals surface area contributed by atoms with E-state index in [0.717, 1.165) is 0 Å². The fraction of sp³-hybridized carbons (Fsp3) is 0.565. The van der Waals surface area contributed by atoms with Crippen LogP contribution in [0.3, 0.4) is 0 Å². The minimum atomic E-state index is -0.740. The number of amides is 4. The number of carbonyl (C=O) groups excluding carboxylic acids is 4. The van der Waals surface area contributed by atoms with Gasteiger partial charge in [0.15, 0.2) is 5.75 Å². The highest BCUT2D eigenvalue weighted by atomic mass is 79.9. The Hall–Kier alpha value is -2.78. The molecule has 1 unspecified atom stereocenters. The summed E-state index contributed by atoms with van der Waals surface area (Å²) in [5.74, 6) is -1.20. The van der Waals surface area contributed by atoms with E-state index in [1.807, 2.05) is 0 Å². The minimum absolute atomic E-state index is 0.0586. The van der Waals surface area contributed by atoms with Crippen molar-refractivity contribution in [2.75, 3.05) is 65.3 Å². The molecule has 0 radical (unpaired) electrons. The number of ether oxygens (including phenoxy) is 4. The maximum absolute atomic E-state index is 13.3. The molecule has 2 heterocycles. The number of hydrogen-bond donors (Lipinski definition) is 4. The number of anilines is 1. The van der Waals surface area contributed by atoms with Crippen LogP contribution in [0.5, 0.6) is 5.75 Å². The van der Waals surface area contributed by atoms with Crippen LogP contribution in [0.2, 0.25) is 0 Å². The zero-order chi connectivity index (χ0) is 26.8. The molecule has 37 heavy (non-hydrogen) atoms. The zero-order valence-electron chi connectivity index (χ0n) is 20.6. The van der Waals surface area contributed by atoms with Gasteiger partial charge in [0.25, 0.3) is 5.91 Å². The molecule has 0 aliphatic carbocycles. The zero-order valence-corrected chi connectivity index (χ0v) is 22.2. The second kappa shape index (κ2) is 14.2. The SMILES string of the molecule is COc1c(NCC(=O)NCCOCCOCCOCN)cc(Br)c2c1C(=O)N(C1CCC(=O)NC1=O)C2. The number of halogens is 1. The van der Waals surface area contributed by atoms with Gasteiger partial charge in [0, 0.05) is 29.5 Å². The first-order valence-corrected chi connectivity index (χ1v) is 12.6. The van der Waals surface area contributed by atoms with Gasteiger partial charge >= 0.3 is 0 Å². The van der Waals surface area contributed by atoms with E-state index >= 15 is 0 Å². The molecule has 1 saturated heterocycles. The normalized spacial score (nSPS) is 17.0. The molecule has 0 bridgehead atoms. The maximum atomic E-state index is 13.3. The first-order chi connectivity index (χ1) is 17.9. The summed E-state index contributed by atoms with van der Waals surface area (Å²) in [5.41, 5.74) is 6.65. The van der Waals surface area contributed by atoms with Crippen LogP contribution in [0.1, 0.15) is 28.8 Å². The fourth-order valence-corrected chi connectivity index (χ4v) is 4.59. The Morgan fingerprint density at radius 2 is 1.86 bits per heavy atom. The van der Waals surface area contributed by atoms with E-state index in [4.69, 9.17) is 24.7 Å². The number of piperidine rings is 1. The number of hydrogen-bond acceptors (Lipinski definition) is 10. The number of fused-ring (bicyclic) bond motifs is 1. The van der Waals surface area contributed by atoms with Crippen molar-refractivity contribution in [3.05, 3.63) is 21.7 Å². The summed E-state index contributed by atoms with van der Waals surface area (Å²) in [7, 11) is 1.43. The molecule has 2 aliphatic heterocycles. The molecule has 1 aromatic carbocycles. The van der Waals surface area contributed by atoms with E-state index in [1.54, 1.807) is 6.07 Å². The lowest BCUT2D eigenvalue weighted by atomic mass is 10.0. The quantitative estimate of drug-likeness (QED) is 0.122. The third-order valence-corrected chi connectivity index (χ3v) is 6.50. The van der Waals surface area contributed by atoms with Gasteiger partial charge in [0.2, 0.25) is 17.7 Å². The van der Waals surface area contributed by atoms with Gasteiger partial charge < -0.3 is 40.2 Å². The number of imide groups is 1. The number of methoxy groups -OCH3 is 1. The van der Waals surface area contributed by atoms with Crippen LogP contribution in [0, 0.1) is 0 Å². The monoisotopic (exact) mass is 585 g/mol. The number of carbonyl (C=O) groups is 4. The second-order valence-electron chi connectivity index (χ2n) is 8.20. The first kappa shape index (κ1) is 28.8. The molecule has 5 N–H and O–H groups in total. The molecule has 1 aromatic rings. The predicted octanol–water partition coefficient (Wildman–Crippen LogP) is -0.287. The maximum Gasteiger partial charge on any atom is 0.259 e. The standard InChI is InChI=1S/C23H32BrN5O8/c1-34-21-16(27-11-19(31)26-4-5-35-6-7-36-8-9-37-13-25)10-15(24)14-12-29(23(33)20(14)21)17-2-3-18(30)28-22(17)32/h10,17,27H,2-9,11-13,25H2,1H3,(H,26,31)(H,28,30,32). The van der Waals surface area contributed by atoms with E-state index in [1.165, 1.54) is 12.0 Å². The highest BCUT2D eigenvalue weighted by Crippen LogP contribution is 2.42. The minimum Gasteiger partial charge on any atom is -0.494 e. The van der Waals surface area contributed by atoms with Gasteiger partial charge in [-0.15, -0.1) is 0 Å². The van der Waals surface area contributed by atoms with Gasteiger partial charge in [0.1, 0.15) is 6.04 Å². The van der Waals surface area contributed by atoms with Gasteiger partial charge in [-0.1, -0.05) is 15.9 Å². The molecule has 0 aromatic heterocycles. The molecule has 3 rings (SSSR count). The molecule has 2 aliphatic rings. The van der Waals surface area contributed by atoms with Crippen LogP contribution in [0.15, 0.2) is 10.5 Å². The number of nitrogens with one attached hydrogen (secondary N) is 3. The summed E-state index contributed by atoms with van der Waals surface area (Å²) < 4.78 is 21.8. The van der Waals surface area contributed by atoms with Crippen LogP contribution in [0.25, 0.3) is 0 Å². The van der Waals surface area contributed by atoms with Crippen LogP contribution in [-0.4, -0.2) is 94.5 Å². The number of rotatable bonds is 15. The van der Waals surface area contributed by atoms with Crippen LogP contribution in [0.4, 0.5) is 5.69 Å². The Bertz CT molecular complexity index is 1010. The third kappa shape index (κ3) is 7.61. The Morgan fingerprint density at radius 3 is 2.54 bits per heavy atom. The van der Waals surface area contributed by atoms with Crippen molar-refractivity contribution in [2.24, 2.45) is 5.73 Å². The molecule has 0 spiro atoms. The predicted molar refractivity (Wildman–Crippen MR) is 135 cm³/mol. The van der Waals surface area contributed by atoms with Crippen molar-refractivity contribution in [1.82, 2.24) is 15.5 Å². The van der Waals surface area contributed by atoms with Crippen LogP contribution in [-0.2, 0) is 35.1 Å². The molecule has 0 saturated carbocycles. The van der Waals surface area contributed by atoms with Gasteiger partial charge in [-0.25, -0.2) is 0 Å². The highest BCUT2D eigenvalue weighted by Gasteiger charge is 2.42. The highest BCUT2D eigenvalue weighted by molar-refractivity contribution is 9.10. The topological polar surface area (TPSA) is 171 Å². The summed E-state index contributed by atoms with van der Waals surface area (Å²) in [6, 6.07) is 0.990. The van der Waals surface area contributed by atoms with E-state index in [0.29, 0.717) is 60.9 Å². The van der Waals surface area contributed by atoms with Gasteiger partial charge in [-0.3, -0.25) is 24.5 Å². The van der Waals surface area contributed by atoms with Crippen molar-refractivity contribution in [3.63, 3.8) is 0 Å². The summed E-state index contributed by atoms with van der Waals surface area (Å²) in [6.45, 7) is 2.61. The van der Waals surface area contributed by atoms with E-state index < -0.39 is 11.9 Å². The Balaban J connectivity index is 1.49. The molecule has 13 nitrogen and oxygen atoms in total. The smallest absolute Gasteiger partial charge is 0.259 e. The fourth-order valence-electron chi connectivity index (χ4n) is 4.04. The van der Waals surface area contributed by atoms with Crippen molar-refractivity contribution < 1.29 is 38.1 Å². The molecule has 4 amide bonds. The molecular formula is C23H32BrN5O8. The summed E-state index contributed by atoms with van der Waals surface area (Å²) in [5, 5.41) is 8.03. The van der Waals surface area contributed by atoms with Crippen molar-refractivity contribution in [2.45, 2.75) is 25.4 Å². The second-order valence-corrected chi connectivity index (χ2v) is 9.05. The average Bonchev–Trinajstić information content (AvgIpc) is 3.21. The average molecular weight is 586 g/mol. The molecular weight excluding hydrogens is 554 g/mol. The largest absolute Gasteiger partial charge is 0.494 e. The molecule has 14 heteroatoms. The molecule has 1 fully saturated rings. The van der Waals surface area contributed by atoms with Gasteiger partial charge in [-0.2, -0.15) is 0 Å². The summed E-state index contributed by atoms with van der Waals surface area (Å²) in [4.78, 5) is 50.8. The lowest BCUT2D eigenvalue weighted by molar-refractivity contribution is -0.137. The van der Waals surface area contributed by atoms with Gasteiger partial charge in [0.05, 0.1) is 64.7 Å². The number of nitrogens with two attached hydrogens (primary N) is 1. The van der Waals surface area contributed by atoms with E-state index in [9.17, 15) is 19.2 Å². The number of nitrogens with zero attached hydrogens (tertiary/aromatic N) is 1. The Labute approximate surface area is 222 Å². The van der Waals surface area contributed by atoms with Crippen LogP contribution < -0.4 is 26.4 Å². The van der Waals surface area contributed by atoms with Crippen molar-refractivity contribution >= 4 is 45.2 Å². The van der Waals surface area contributed by atoms with Crippen molar-refractivity contribution in [1.29, 1.82) is 0 Å². The Kier molecular flexibility index (Phi) is 11.1. The third-order valence-electron chi connectivity index (χ3n) is 5.80. The first-order valence-electron chi connectivity index (χ1n) is 11.8. The van der Waals surface area contributed by atoms with Crippen LogP contribution >= 0.6 is 15.9 Å². The van der Waals surface area contributed by atoms with Gasteiger partial charge in [-0.05, 0) is 12.5 Å². The molecule has 1 atom stereocenters. The van der Waals surface area contributed by atoms with E-state index in [2.05, 4.69) is 31.9 Å².